The molecule has 1 atom stereocenters. The third kappa shape index (κ3) is 6.14. The van der Waals surface area contributed by atoms with Gasteiger partial charge in [0.25, 0.3) is 5.91 Å². The molecule has 1 heterocycles. The van der Waals surface area contributed by atoms with Crippen LogP contribution in [0.1, 0.15) is 54.6 Å². The molecule has 0 aromatic heterocycles. The van der Waals surface area contributed by atoms with E-state index in [0.29, 0.717) is 18.7 Å². The normalized spacial score (nSPS) is 16.1. The largest absolute Gasteiger partial charge is 0.452 e. The molecule has 32 heavy (non-hydrogen) atoms. The van der Waals surface area contributed by atoms with Crippen LogP contribution in [0.15, 0.2) is 53.4 Å². The van der Waals surface area contributed by atoms with E-state index in [1.807, 2.05) is 0 Å². The van der Waals surface area contributed by atoms with Crippen LogP contribution in [0.4, 0.5) is 4.39 Å². The van der Waals surface area contributed by atoms with E-state index in [1.165, 1.54) is 40.7 Å². The highest BCUT2D eigenvalue weighted by Crippen LogP contribution is 2.21. The molecular formula is C23H27FN2O5S. The van der Waals surface area contributed by atoms with Crippen LogP contribution in [0, 0.1) is 5.82 Å². The second kappa shape index (κ2) is 10.7. The molecule has 1 amide bonds. The minimum absolute atomic E-state index is 0.127. The van der Waals surface area contributed by atoms with Crippen LogP contribution in [-0.4, -0.2) is 44.3 Å². The molecule has 1 fully saturated rings. The van der Waals surface area contributed by atoms with E-state index >= 15 is 0 Å². The van der Waals surface area contributed by atoms with Crippen molar-refractivity contribution in [3.05, 3.63) is 65.5 Å². The number of nitrogens with one attached hydrogen (secondary N) is 1. The Morgan fingerprint density at radius 3 is 2.19 bits per heavy atom. The van der Waals surface area contributed by atoms with Crippen LogP contribution >= 0.6 is 0 Å². The maximum Gasteiger partial charge on any atom is 0.338 e. The Morgan fingerprint density at radius 2 is 1.59 bits per heavy atom. The zero-order valence-electron chi connectivity index (χ0n) is 17.9. The lowest BCUT2D eigenvalue weighted by atomic mass is 10.1. The van der Waals surface area contributed by atoms with Gasteiger partial charge in [-0.25, -0.2) is 17.6 Å². The number of carbonyl (C=O) groups is 2. The Morgan fingerprint density at radius 1 is 1.00 bits per heavy atom. The molecule has 3 rings (SSSR count). The van der Waals surface area contributed by atoms with Crippen molar-refractivity contribution in [2.24, 2.45) is 0 Å². The molecule has 0 radical (unpaired) electrons. The Kier molecular flexibility index (Phi) is 7.98. The van der Waals surface area contributed by atoms with Crippen molar-refractivity contribution in [2.45, 2.75) is 43.5 Å². The maximum atomic E-state index is 13.0. The van der Waals surface area contributed by atoms with Crippen molar-refractivity contribution in [1.29, 1.82) is 0 Å². The Bertz CT molecular complexity index is 1030. The van der Waals surface area contributed by atoms with Crippen molar-refractivity contribution in [3.63, 3.8) is 0 Å². The Labute approximate surface area is 187 Å². The van der Waals surface area contributed by atoms with Gasteiger partial charge in [0.15, 0.2) is 6.61 Å². The Balaban J connectivity index is 1.54. The first-order chi connectivity index (χ1) is 15.3. The first-order valence-corrected chi connectivity index (χ1v) is 12.0. The predicted octanol–water partition coefficient (Wildman–Crippen LogP) is 3.42. The molecule has 1 N–H and O–H groups in total. The molecule has 0 saturated carbocycles. The summed E-state index contributed by atoms with van der Waals surface area (Å²) in [6.07, 6.45) is 3.72. The smallest absolute Gasteiger partial charge is 0.338 e. The number of halogens is 1. The summed E-state index contributed by atoms with van der Waals surface area (Å²) < 4.78 is 45.1. The lowest BCUT2D eigenvalue weighted by Crippen LogP contribution is -2.32. The fraction of sp³-hybridized carbons (Fsp3) is 0.391. The number of rotatable bonds is 7. The number of benzene rings is 2. The summed E-state index contributed by atoms with van der Waals surface area (Å²) in [5.74, 6) is -1.60. The quantitative estimate of drug-likeness (QED) is 0.637. The number of hydrogen-bond donors (Lipinski definition) is 1. The summed E-state index contributed by atoms with van der Waals surface area (Å²) in [4.78, 5) is 24.4. The van der Waals surface area contributed by atoms with E-state index in [-0.39, 0.29) is 22.3 Å². The molecule has 0 aliphatic carbocycles. The summed E-state index contributed by atoms with van der Waals surface area (Å²) >= 11 is 0. The van der Waals surface area contributed by atoms with Gasteiger partial charge in [-0.1, -0.05) is 25.0 Å². The second-order valence-corrected chi connectivity index (χ2v) is 9.70. The van der Waals surface area contributed by atoms with Gasteiger partial charge >= 0.3 is 5.97 Å². The van der Waals surface area contributed by atoms with Crippen LogP contribution in [0.3, 0.4) is 0 Å². The van der Waals surface area contributed by atoms with Crippen molar-refractivity contribution in [3.8, 4) is 0 Å². The number of amides is 1. The number of carbonyl (C=O) groups excluding carboxylic acids is 2. The van der Waals surface area contributed by atoms with Crippen LogP contribution < -0.4 is 5.32 Å². The SMILES string of the molecule is C[C@H](NC(=O)COC(=O)c1ccc(S(=O)(=O)N2CCCCCC2)cc1)c1ccc(F)cc1. The number of ether oxygens (including phenoxy) is 1. The van der Waals surface area contributed by atoms with Crippen molar-refractivity contribution in [2.75, 3.05) is 19.7 Å². The lowest BCUT2D eigenvalue weighted by Gasteiger charge is -2.20. The number of esters is 1. The van der Waals surface area contributed by atoms with Crippen molar-refractivity contribution in [1.82, 2.24) is 9.62 Å². The molecule has 7 nitrogen and oxygen atoms in total. The third-order valence-corrected chi connectivity index (χ3v) is 7.29. The highest BCUT2D eigenvalue weighted by atomic mass is 32.2. The number of nitrogens with zero attached hydrogens (tertiary/aromatic N) is 1. The highest BCUT2D eigenvalue weighted by molar-refractivity contribution is 7.89. The zero-order chi connectivity index (χ0) is 23.1. The van der Waals surface area contributed by atoms with Gasteiger partial charge in [-0.15, -0.1) is 0 Å². The molecule has 0 bridgehead atoms. The molecule has 172 valence electrons. The fourth-order valence-corrected chi connectivity index (χ4v) is 5.04. The summed E-state index contributed by atoms with van der Waals surface area (Å²) in [6.45, 7) is 2.24. The minimum Gasteiger partial charge on any atom is -0.452 e. The molecule has 9 heteroatoms. The summed E-state index contributed by atoms with van der Waals surface area (Å²) in [5.41, 5.74) is 0.867. The van der Waals surface area contributed by atoms with Gasteiger partial charge in [0.1, 0.15) is 5.82 Å². The summed E-state index contributed by atoms with van der Waals surface area (Å²) in [5, 5.41) is 2.67. The monoisotopic (exact) mass is 462 g/mol. The van der Waals surface area contributed by atoms with E-state index in [2.05, 4.69) is 5.32 Å². The molecular weight excluding hydrogens is 435 g/mol. The van der Waals surface area contributed by atoms with Gasteiger partial charge in [0, 0.05) is 13.1 Å². The molecule has 2 aromatic carbocycles. The highest BCUT2D eigenvalue weighted by Gasteiger charge is 2.25. The molecule has 2 aromatic rings. The minimum atomic E-state index is -3.60. The Hall–Kier alpha value is -2.78. The average Bonchev–Trinajstić information content (AvgIpc) is 3.08. The number of sulfonamides is 1. The van der Waals surface area contributed by atoms with Crippen LogP contribution in [0.25, 0.3) is 0 Å². The van der Waals surface area contributed by atoms with Crippen molar-refractivity contribution < 1.29 is 27.1 Å². The predicted molar refractivity (Wildman–Crippen MR) is 117 cm³/mol. The van der Waals surface area contributed by atoms with Crippen LogP contribution in [-0.2, 0) is 19.6 Å². The van der Waals surface area contributed by atoms with Crippen LogP contribution in [0.5, 0.6) is 0 Å². The molecule has 1 aliphatic heterocycles. The van der Waals surface area contributed by atoms with E-state index < -0.39 is 28.5 Å². The van der Waals surface area contributed by atoms with Gasteiger partial charge < -0.3 is 10.1 Å². The van der Waals surface area contributed by atoms with Gasteiger partial charge in [0.05, 0.1) is 16.5 Å². The van der Waals surface area contributed by atoms with E-state index in [9.17, 15) is 22.4 Å². The lowest BCUT2D eigenvalue weighted by molar-refractivity contribution is -0.124. The molecule has 1 saturated heterocycles. The van der Waals surface area contributed by atoms with Crippen LogP contribution in [0.2, 0.25) is 0 Å². The number of hydrogen-bond acceptors (Lipinski definition) is 5. The van der Waals surface area contributed by atoms with Gasteiger partial charge in [0.2, 0.25) is 10.0 Å². The fourth-order valence-electron chi connectivity index (χ4n) is 3.53. The topological polar surface area (TPSA) is 92.8 Å². The third-order valence-electron chi connectivity index (χ3n) is 5.37. The van der Waals surface area contributed by atoms with Gasteiger partial charge in [-0.05, 0) is 61.7 Å². The van der Waals surface area contributed by atoms with E-state index in [1.54, 1.807) is 19.1 Å². The van der Waals surface area contributed by atoms with Gasteiger partial charge in [-0.3, -0.25) is 4.79 Å². The van der Waals surface area contributed by atoms with Gasteiger partial charge in [-0.2, -0.15) is 4.31 Å². The first kappa shape index (κ1) is 23.9. The van der Waals surface area contributed by atoms with Crippen molar-refractivity contribution >= 4 is 21.9 Å². The van der Waals surface area contributed by atoms with E-state index in [0.717, 1.165) is 25.7 Å². The summed E-state index contributed by atoms with van der Waals surface area (Å²) in [7, 11) is -3.60. The summed E-state index contributed by atoms with van der Waals surface area (Å²) in [6, 6.07) is 10.9. The zero-order valence-corrected chi connectivity index (χ0v) is 18.7. The van der Waals surface area contributed by atoms with E-state index in [4.69, 9.17) is 4.74 Å². The maximum absolute atomic E-state index is 13.0. The molecule has 0 unspecified atom stereocenters. The molecule has 1 aliphatic rings. The standard InChI is InChI=1S/C23H27FN2O5S/c1-17(18-6-10-20(24)11-7-18)25-22(27)16-31-23(28)19-8-12-21(13-9-19)32(29,30)26-14-4-2-3-5-15-26/h6-13,17H,2-5,14-16H2,1H3,(H,25,27)/t17-/m0/s1. The first-order valence-electron chi connectivity index (χ1n) is 10.6. The average molecular weight is 463 g/mol. The molecule has 0 spiro atoms. The second-order valence-electron chi connectivity index (χ2n) is 7.76.